The molecule has 6 nitrogen and oxygen atoms in total. The maximum Gasteiger partial charge on any atom is 0.291 e. The highest BCUT2D eigenvalue weighted by atomic mass is 32.2. The molecule has 7 heteroatoms. The highest BCUT2D eigenvalue weighted by molar-refractivity contribution is 8.00. The van der Waals surface area contributed by atoms with Gasteiger partial charge in [0, 0.05) is 31.2 Å². The van der Waals surface area contributed by atoms with Crippen LogP contribution in [0.3, 0.4) is 0 Å². The van der Waals surface area contributed by atoms with Crippen molar-refractivity contribution in [3.8, 4) is 0 Å². The number of amides is 2. The van der Waals surface area contributed by atoms with Gasteiger partial charge in [-0.2, -0.15) is 0 Å². The lowest BCUT2D eigenvalue weighted by Gasteiger charge is -2.25. The van der Waals surface area contributed by atoms with Crippen LogP contribution in [0.5, 0.6) is 0 Å². The Labute approximate surface area is 173 Å². The minimum atomic E-state index is -0.296. The van der Waals surface area contributed by atoms with Gasteiger partial charge >= 0.3 is 0 Å². The van der Waals surface area contributed by atoms with Gasteiger partial charge in [0.2, 0.25) is 5.91 Å². The van der Waals surface area contributed by atoms with Crippen LogP contribution in [-0.2, 0) is 4.79 Å². The summed E-state index contributed by atoms with van der Waals surface area (Å²) in [6.45, 7) is 0. The molecule has 2 heterocycles. The summed E-state index contributed by atoms with van der Waals surface area (Å²) < 4.78 is 5.11. The molecule has 0 saturated carbocycles. The van der Waals surface area contributed by atoms with Crippen LogP contribution in [-0.4, -0.2) is 31.7 Å². The number of nitrogens with zero attached hydrogens (tertiary/aromatic N) is 2. The van der Waals surface area contributed by atoms with Gasteiger partial charge in [-0.1, -0.05) is 12.1 Å². The van der Waals surface area contributed by atoms with Gasteiger partial charge in [0.05, 0.1) is 12.0 Å². The Morgan fingerprint density at radius 1 is 1.10 bits per heavy atom. The average Bonchev–Trinajstić information content (AvgIpc) is 3.39. The zero-order valence-corrected chi connectivity index (χ0v) is 17.0. The molecule has 1 unspecified atom stereocenters. The normalized spacial score (nSPS) is 16.1. The average molecular weight is 407 g/mol. The van der Waals surface area contributed by atoms with Crippen LogP contribution in [0.15, 0.2) is 71.3 Å². The van der Waals surface area contributed by atoms with Gasteiger partial charge in [0.25, 0.3) is 5.91 Å². The number of thioether (sulfide) groups is 1. The van der Waals surface area contributed by atoms with E-state index in [1.54, 1.807) is 23.9 Å². The second kappa shape index (κ2) is 8.05. The number of nitrogens with one attached hydrogen (secondary N) is 1. The van der Waals surface area contributed by atoms with E-state index in [-0.39, 0.29) is 22.9 Å². The number of carbonyl (C=O) groups is 2. The number of rotatable bonds is 5. The maximum absolute atomic E-state index is 12.5. The maximum atomic E-state index is 12.5. The Balaban J connectivity index is 1.52. The molecule has 29 heavy (non-hydrogen) atoms. The van der Waals surface area contributed by atoms with E-state index in [9.17, 15) is 9.59 Å². The molecular weight excluding hydrogens is 386 g/mol. The predicted molar refractivity (Wildman–Crippen MR) is 117 cm³/mol. The summed E-state index contributed by atoms with van der Waals surface area (Å²) in [6, 6.07) is 18.8. The fraction of sp³-hybridized carbons (Fsp3) is 0.182. The topological polar surface area (TPSA) is 65.8 Å². The lowest BCUT2D eigenvalue weighted by Crippen LogP contribution is -2.27. The van der Waals surface area contributed by atoms with E-state index in [2.05, 4.69) is 5.32 Å². The van der Waals surface area contributed by atoms with Gasteiger partial charge in [-0.25, -0.2) is 0 Å². The zero-order valence-electron chi connectivity index (χ0n) is 16.2. The van der Waals surface area contributed by atoms with Crippen molar-refractivity contribution in [2.45, 2.75) is 5.37 Å². The lowest BCUT2D eigenvalue weighted by atomic mass is 10.1. The molecule has 0 radical (unpaired) electrons. The fourth-order valence-corrected chi connectivity index (χ4v) is 4.37. The van der Waals surface area contributed by atoms with E-state index >= 15 is 0 Å². The molecule has 0 aliphatic carbocycles. The van der Waals surface area contributed by atoms with Crippen molar-refractivity contribution in [3.63, 3.8) is 0 Å². The van der Waals surface area contributed by atoms with E-state index < -0.39 is 0 Å². The summed E-state index contributed by atoms with van der Waals surface area (Å²) in [5.41, 5.74) is 3.65. The van der Waals surface area contributed by atoms with Gasteiger partial charge in [0.15, 0.2) is 5.76 Å². The largest absolute Gasteiger partial charge is 0.459 e. The summed E-state index contributed by atoms with van der Waals surface area (Å²) in [4.78, 5) is 28.5. The molecule has 1 aromatic heterocycles. The molecule has 1 fully saturated rings. The number of benzene rings is 2. The first kappa shape index (κ1) is 19.1. The third-order valence-corrected chi connectivity index (χ3v) is 5.92. The SMILES string of the molecule is CN(C)c1ccc(N2C(=O)CSC2c2ccc(NC(=O)c3ccco3)cc2)cc1. The second-order valence-electron chi connectivity index (χ2n) is 6.89. The number of hydrogen-bond donors (Lipinski definition) is 1. The molecule has 148 valence electrons. The molecule has 0 spiro atoms. The van der Waals surface area contributed by atoms with Crippen LogP contribution in [0.4, 0.5) is 17.1 Å². The Morgan fingerprint density at radius 2 is 1.83 bits per heavy atom. The van der Waals surface area contributed by atoms with Crippen LogP contribution in [0, 0.1) is 0 Å². The molecule has 3 aromatic rings. The molecule has 1 aliphatic rings. The van der Waals surface area contributed by atoms with Crippen molar-refractivity contribution >= 4 is 40.6 Å². The standard InChI is InChI=1S/C22H21N3O3S/c1-24(2)17-9-11-18(12-10-17)25-20(26)14-29-22(25)15-5-7-16(8-6-15)23-21(27)19-4-3-13-28-19/h3-13,22H,14H2,1-2H3,(H,23,27). The molecule has 1 saturated heterocycles. The number of carbonyl (C=O) groups excluding carboxylic acids is 2. The van der Waals surface area contributed by atoms with E-state index in [0.717, 1.165) is 16.9 Å². The highest BCUT2D eigenvalue weighted by Crippen LogP contribution is 2.42. The molecule has 1 N–H and O–H groups in total. The summed E-state index contributed by atoms with van der Waals surface area (Å²) in [6.07, 6.45) is 1.46. The first-order valence-corrected chi connectivity index (χ1v) is 10.2. The lowest BCUT2D eigenvalue weighted by molar-refractivity contribution is -0.115. The number of furan rings is 1. The van der Waals surface area contributed by atoms with E-state index in [4.69, 9.17) is 4.42 Å². The Hall–Kier alpha value is -3.19. The van der Waals surface area contributed by atoms with Crippen molar-refractivity contribution in [2.75, 3.05) is 35.0 Å². The molecule has 1 atom stereocenters. The van der Waals surface area contributed by atoms with Crippen molar-refractivity contribution in [3.05, 3.63) is 78.3 Å². The third-order valence-electron chi connectivity index (χ3n) is 4.71. The van der Waals surface area contributed by atoms with Crippen LogP contribution >= 0.6 is 11.8 Å². The van der Waals surface area contributed by atoms with Crippen LogP contribution < -0.4 is 15.1 Å². The van der Waals surface area contributed by atoms with Gasteiger partial charge in [-0.3, -0.25) is 14.5 Å². The summed E-state index contributed by atoms with van der Waals surface area (Å²) in [7, 11) is 3.97. The van der Waals surface area contributed by atoms with Gasteiger partial charge in [-0.15, -0.1) is 11.8 Å². The quantitative estimate of drug-likeness (QED) is 0.680. The van der Waals surface area contributed by atoms with E-state index in [1.165, 1.54) is 6.26 Å². The van der Waals surface area contributed by atoms with Crippen LogP contribution in [0.2, 0.25) is 0 Å². The summed E-state index contributed by atoms with van der Waals surface area (Å²) >= 11 is 1.60. The highest BCUT2D eigenvalue weighted by Gasteiger charge is 2.34. The zero-order chi connectivity index (χ0) is 20.4. The van der Waals surface area contributed by atoms with Crippen LogP contribution in [0.1, 0.15) is 21.5 Å². The first-order valence-electron chi connectivity index (χ1n) is 9.19. The second-order valence-corrected chi connectivity index (χ2v) is 7.96. The van der Waals surface area contributed by atoms with Gasteiger partial charge < -0.3 is 14.6 Å². The number of hydrogen-bond acceptors (Lipinski definition) is 5. The van der Waals surface area contributed by atoms with Gasteiger partial charge in [0.1, 0.15) is 5.37 Å². The predicted octanol–water partition coefficient (Wildman–Crippen LogP) is 4.38. The minimum Gasteiger partial charge on any atom is -0.459 e. The van der Waals surface area contributed by atoms with Crippen molar-refractivity contribution in [1.29, 1.82) is 0 Å². The van der Waals surface area contributed by atoms with Crippen molar-refractivity contribution < 1.29 is 14.0 Å². The monoisotopic (exact) mass is 407 g/mol. The summed E-state index contributed by atoms with van der Waals surface area (Å²) in [5, 5.41) is 2.71. The molecule has 0 bridgehead atoms. The Morgan fingerprint density at radius 3 is 2.45 bits per heavy atom. The third kappa shape index (κ3) is 4.00. The van der Waals surface area contributed by atoms with Gasteiger partial charge in [-0.05, 0) is 54.1 Å². The molecule has 2 amide bonds. The smallest absolute Gasteiger partial charge is 0.291 e. The van der Waals surface area contributed by atoms with E-state index in [1.807, 2.05) is 72.4 Å². The number of anilines is 3. The molecule has 4 rings (SSSR count). The fourth-order valence-electron chi connectivity index (χ4n) is 3.19. The summed E-state index contributed by atoms with van der Waals surface area (Å²) in [5.74, 6) is 0.499. The molecular formula is C22H21N3O3S. The Kier molecular flexibility index (Phi) is 5.31. The van der Waals surface area contributed by atoms with Crippen molar-refractivity contribution in [2.24, 2.45) is 0 Å². The van der Waals surface area contributed by atoms with Crippen molar-refractivity contribution in [1.82, 2.24) is 0 Å². The molecule has 2 aromatic carbocycles. The Bertz CT molecular complexity index is 999. The molecule has 1 aliphatic heterocycles. The first-order chi connectivity index (χ1) is 14.0. The minimum absolute atomic E-state index is 0.0906. The van der Waals surface area contributed by atoms with E-state index in [0.29, 0.717) is 11.4 Å². The van der Waals surface area contributed by atoms with Crippen LogP contribution in [0.25, 0.3) is 0 Å².